The molecule has 52 heavy (non-hydrogen) atoms. The van der Waals surface area contributed by atoms with Gasteiger partial charge in [0.05, 0.1) is 11.0 Å². The lowest BCUT2D eigenvalue weighted by Gasteiger charge is -2.46. The summed E-state index contributed by atoms with van der Waals surface area (Å²) in [4.78, 5) is 2.83. The van der Waals surface area contributed by atoms with Crippen molar-refractivity contribution in [3.63, 3.8) is 0 Å². The van der Waals surface area contributed by atoms with E-state index in [4.69, 9.17) is 0 Å². The minimum absolute atomic E-state index is 0.452. The SMILES string of the molecule is c1ccc(-c2cccc3c2c2ccc(N(c4cc5ccccc5c5ccccc45)C4CCCCC4C4CCCCC4)cc2n3-c2ccccc2)cc1. The van der Waals surface area contributed by atoms with Gasteiger partial charge in [-0.2, -0.15) is 0 Å². The first-order valence-electron chi connectivity index (χ1n) is 19.7. The van der Waals surface area contributed by atoms with Gasteiger partial charge in [0.15, 0.2) is 0 Å². The fourth-order valence-electron chi connectivity index (χ4n) is 10.2. The Labute approximate surface area is 307 Å². The van der Waals surface area contributed by atoms with Gasteiger partial charge >= 0.3 is 0 Å². The highest BCUT2D eigenvalue weighted by molar-refractivity contribution is 6.17. The van der Waals surface area contributed by atoms with Crippen LogP contribution < -0.4 is 4.90 Å². The lowest BCUT2D eigenvalue weighted by molar-refractivity contribution is 0.171. The summed E-state index contributed by atoms with van der Waals surface area (Å²) in [6.45, 7) is 0. The molecule has 256 valence electrons. The summed E-state index contributed by atoms with van der Waals surface area (Å²) in [6, 6.07) is 57.3. The standard InChI is InChI=1S/C50H46N2/c1-4-17-35(18-5-1)41-25-14-15-29-46(41)52(48-33-37-21-10-11-24-40(37)43-26-12-13-27-44(43)48)39-31-32-45-49(34-39)51(38-22-8-3-9-23-38)47-30-16-28-42(50(45)47)36-19-6-2-7-20-36/h2-3,6-13,16,19-24,26-28,30-35,41,46H,1,4-5,14-15,17-18,25,29H2. The zero-order chi connectivity index (χ0) is 34.4. The number of fused-ring (bicyclic) bond motifs is 6. The van der Waals surface area contributed by atoms with Crippen LogP contribution >= 0.6 is 0 Å². The number of para-hydroxylation sites is 1. The molecule has 0 aliphatic heterocycles. The van der Waals surface area contributed by atoms with Crippen molar-refractivity contribution in [2.24, 2.45) is 11.8 Å². The molecular weight excluding hydrogens is 629 g/mol. The number of nitrogens with zero attached hydrogens (tertiary/aromatic N) is 2. The lowest BCUT2D eigenvalue weighted by atomic mass is 9.70. The van der Waals surface area contributed by atoms with Crippen LogP contribution in [0.1, 0.15) is 57.8 Å². The van der Waals surface area contributed by atoms with Gasteiger partial charge < -0.3 is 9.47 Å². The van der Waals surface area contributed by atoms with Crippen molar-refractivity contribution in [3.05, 3.63) is 152 Å². The van der Waals surface area contributed by atoms with Crippen molar-refractivity contribution < 1.29 is 0 Å². The number of hydrogen-bond acceptors (Lipinski definition) is 1. The zero-order valence-corrected chi connectivity index (χ0v) is 29.9. The monoisotopic (exact) mass is 674 g/mol. The smallest absolute Gasteiger partial charge is 0.0562 e. The molecule has 0 saturated heterocycles. The number of benzene rings is 7. The Balaban J connectivity index is 1.26. The predicted molar refractivity (Wildman–Crippen MR) is 222 cm³/mol. The Hall–Kier alpha value is -5.34. The molecule has 10 rings (SSSR count). The second-order valence-corrected chi connectivity index (χ2v) is 15.4. The second kappa shape index (κ2) is 13.3. The minimum atomic E-state index is 0.452. The largest absolute Gasteiger partial charge is 0.337 e. The Morgan fingerprint density at radius 3 is 2.00 bits per heavy atom. The topological polar surface area (TPSA) is 8.17 Å². The fourth-order valence-corrected chi connectivity index (χ4v) is 10.2. The van der Waals surface area contributed by atoms with Crippen LogP contribution in [0.4, 0.5) is 11.4 Å². The molecule has 2 atom stereocenters. The molecule has 0 amide bonds. The molecular formula is C50H46N2. The molecule has 0 bridgehead atoms. The first kappa shape index (κ1) is 31.4. The van der Waals surface area contributed by atoms with Gasteiger partial charge in [-0.25, -0.2) is 0 Å². The van der Waals surface area contributed by atoms with Gasteiger partial charge in [-0.05, 0) is 88.4 Å². The highest BCUT2D eigenvalue weighted by atomic mass is 15.2. The highest BCUT2D eigenvalue weighted by Gasteiger charge is 2.37. The van der Waals surface area contributed by atoms with Crippen LogP contribution in [0.3, 0.4) is 0 Å². The first-order valence-corrected chi connectivity index (χ1v) is 19.7. The molecule has 2 unspecified atom stereocenters. The molecule has 0 N–H and O–H groups in total. The van der Waals surface area contributed by atoms with Crippen molar-refractivity contribution in [2.75, 3.05) is 4.90 Å². The van der Waals surface area contributed by atoms with Crippen LogP contribution in [0, 0.1) is 11.8 Å². The van der Waals surface area contributed by atoms with Crippen LogP contribution in [0.2, 0.25) is 0 Å². The summed E-state index contributed by atoms with van der Waals surface area (Å²) in [5, 5.41) is 7.97. The van der Waals surface area contributed by atoms with E-state index in [2.05, 4.69) is 161 Å². The maximum absolute atomic E-state index is 2.83. The van der Waals surface area contributed by atoms with E-state index in [1.807, 2.05) is 0 Å². The molecule has 2 heteroatoms. The van der Waals surface area contributed by atoms with E-state index >= 15 is 0 Å². The Kier molecular flexibility index (Phi) is 8.05. The van der Waals surface area contributed by atoms with Gasteiger partial charge in [-0.1, -0.05) is 160 Å². The molecule has 0 spiro atoms. The van der Waals surface area contributed by atoms with Crippen LogP contribution in [0.5, 0.6) is 0 Å². The van der Waals surface area contributed by atoms with E-state index in [0.29, 0.717) is 12.0 Å². The zero-order valence-electron chi connectivity index (χ0n) is 29.9. The van der Waals surface area contributed by atoms with Gasteiger partial charge in [0, 0.05) is 39.3 Å². The third-order valence-electron chi connectivity index (χ3n) is 12.5. The summed E-state index contributed by atoms with van der Waals surface area (Å²) < 4.78 is 2.51. The quantitative estimate of drug-likeness (QED) is 0.159. The third-order valence-corrected chi connectivity index (χ3v) is 12.5. The predicted octanol–water partition coefficient (Wildman–Crippen LogP) is 14.0. The van der Waals surface area contributed by atoms with Gasteiger partial charge in [0.2, 0.25) is 0 Å². The van der Waals surface area contributed by atoms with E-state index in [-0.39, 0.29) is 0 Å². The van der Waals surface area contributed by atoms with Crippen molar-refractivity contribution in [1.82, 2.24) is 4.57 Å². The van der Waals surface area contributed by atoms with Crippen LogP contribution in [0.25, 0.3) is 60.2 Å². The van der Waals surface area contributed by atoms with E-state index in [9.17, 15) is 0 Å². The summed E-state index contributed by atoms with van der Waals surface area (Å²) in [7, 11) is 0. The van der Waals surface area contributed by atoms with Crippen molar-refractivity contribution >= 4 is 54.7 Å². The third kappa shape index (κ3) is 5.31. The van der Waals surface area contributed by atoms with Gasteiger partial charge in [-0.3, -0.25) is 0 Å². The second-order valence-electron chi connectivity index (χ2n) is 15.4. The van der Waals surface area contributed by atoms with Crippen LogP contribution in [0.15, 0.2) is 152 Å². The molecule has 2 nitrogen and oxygen atoms in total. The molecule has 1 aromatic heterocycles. The van der Waals surface area contributed by atoms with E-state index < -0.39 is 0 Å². The van der Waals surface area contributed by atoms with Crippen LogP contribution in [-0.4, -0.2) is 10.6 Å². The molecule has 2 aliphatic carbocycles. The summed E-state index contributed by atoms with van der Waals surface area (Å²) >= 11 is 0. The van der Waals surface area contributed by atoms with Gasteiger partial charge in [0.1, 0.15) is 0 Å². The van der Waals surface area contributed by atoms with E-state index in [1.165, 1.54) is 129 Å². The molecule has 8 aromatic rings. The van der Waals surface area contributed by atoms with Crippen LogP contribution in [-0.2, 0) is 0 Å². The summed E-state index contributed by atoms with van der Waals surface area (Å²) in [6.07, 6.45) is 12.2. The summed E-state index contributed by atoms with van der Waals surface area (Å²) in [5.41, 5.74) is 8.92. The molecule has 2 aliphatic rings. The average molecular weight is 675 g/mol. The van der Waals surface area contributed by atoms with E-state index in [0.717, 1.165) is 5.92 Å². The van der Waals surface area contributed by atoms with Crippen molar-refractivity contribution in [2.45, 2.75) is 63.8 Å². The number of rotatable bonds is 6. The summed E-state index contributed by atoms with van der Waals surface area (Å²) in [5.74, 6) is 1.50. The first-order chi connectivity index (χ1) is 25.8. The maximum atomic E-state index is 2.83. The average Bonchev–Trinajstić information content (AvgIpc) is 3.56. The Morgan fingerprint density at radius 2 is 1.17 bits per heavy atom. The lowest BCUT2D eigenvalue weighted by Crippen LogP contribution is -2.43. The normalized spacial score (nSPS) is 18.4. The Morgan fingerprint density at radius 1 is 0.481 bits per heavy atom. The van der Waals surface area contributed by atoms with Gasteiger partial charge in [-0.15, -0.1) is 0 Å². The number of aromatic nitrogens is 1. The van der Waals surface area contributed by atoms with Crippen molar-refractivity contribution in [3.8, 4) is 16.8 Å². The fraction of sp³-hybridized carbons (Fsp3) is 0.240. The van der Waals surface area contributed by atoms with E-state index in [1.54, 1.807) is 0 Å². The molecule has 2 fully saturated rings. The molecule has 2 saturated carbocycles. The highest BCUT2D eigenvalue weighted by Crippen LogP contribution is 2.48. The molecule has 0 radical (unpaired) electrons. The molecule has 7 aromatic carbocycles. The Bertz CT molecular complexity index is 2520. The minimum Gasteiger partial charge on any atom is -0.337 e. The number of hydrogen-bond donors (Lipinski definition) is 0. The number of anilines is 2. The molecule has 1 heterocycles. The van der Waals surface area contributed by atoms with Crippen molar-refractivity contribution in [1.29, 1.82) is 0 Å². The maximum Gasteiger partial charge on any atom is 0.0562 e. The van der Waals surface area contributed by atoms with Gasteiger partial charge in [0.25, 0.3) is 0 Å².